The first-order chi connectivity index (χ1) is 6.85. The van der Waals surface area contributed by atoms with Gasteiger partial charge >= 0.3 is 12.1 Å². The second-order valence-corrected chi connectivity index (χ2v) is 3.92. The molecule has 2 N–H and O–H groups in total. The highest BCUT2D eigenvalue weighted by molar-refractivity contribution is 5.78. The van der Waals surface area contributed by atoms with Gasteiger partial charge in [0.25, 0.3) is 0 Å². The topological polar surface area (TPSA) is 52.3 Å². The summed E-state index contributed by atoms with van der Waals surface area (Å²) >= 11 is 0. The van der Waals surface area contributed by atoms with Gasteiger partial charge in [-0.25, -0.2) is 0 Å². The average Bonchev–Trinajstić information content (AvgIpc) is 2.94. The summed E-state index contributed by atoms with van der Waals surface area (Å²) in [5.74, 6) is -1.12. The van der Waals surface area contributed by atoms with Crippen LogP contribution in [0.4, 0.5) is 13.2 Å². The summed E-state index contributed by atoms with van der Waals surface area (Å²) in [5, 5.41) is 0. The van der Waals surface area contributed by atoms with Crippen LogP contribution < -0.4 is 5.73 Å². The number of hydrogen-bond donors (Lipinski definition) is 1. The number of carbonyl (C=O) groups excluding carboxylic acids is 1. The minimum atomic E-state index is -4.39. The van der Waals surface area contributed by atoms with Gasteiger partial charge in [-0.3, -0.25) is 4.79 Å². The Bertz CT molecular complexity index is 250. The summed E-state index contributed by atoms with van der Waals surface area (Å²) in [6.45, 7) is -0.316. The minimum Gasteiger partial charge on any atom is -0.469 e. The molecular formula is C9H14F3NO2. The van der Waals surface area contributed by atoms with Gasteiger partial charge in [0, 0.05) is 6.54 Å². The second kappa shape index (κ2) is 4.00. The highest BCUT2D eigenvalue weighted by atomic mass is 19.4. The Morgan fingerprint density at radius 2 is 2.00 bits per heavy atom. The van der Waals surface area contributed by atoms with Gasteiger partial charge in [0.05, 0.1) is 18.9 Å². The largest absolute Gasteiger partial charge is 0.469 e. The zero-order chi connectivity index (χ0) is 11.7. The molecule has 6 heteroatoms. The Balaban J connectivity index is 2.88. The molecule has 0 saturated heterocycles. The molecule has 3 nitrogen and oxygen atoms in total. The molecule has 15 heavy (non-hydrogen) atoms. The molecule has 1 rings (SSSR count). The van der Waals surface area contributed by atoms with Crippen molar-refractivity contribution in [2.75, 3.05) is 13.7 Å². The number of ether oxygens (including phenoxy) is 1. The number of nitrogens with two attached hydrogens (primary N) is 1. The fraction of sp³-hybridized carbons (Fsp3) is 0.889. The van der Waals surface area contributed by atoms with Gasteiger partial charge in [-0.05, 0) is 18.8 Å². The summed E-state index contributed by atoms with van der Waals surface area (Å²) in [6.07, 6.45) is -4.35. The Labute approximate surface area is 85.8 Å². The second-order valence-electron chi connectivity index (χ2n) is 3.92. The molecule has 0 radical (unpaired) electrons. The van der Waals surface area contributed by atoms with Crippen molar-refractivity contribution >= 4 is 5.97 Å². The maximum absolute atomic E-state index is 12.4. The van der Waals surface area contributed by atoms with E-state index in [-0.39, 0.29) is 12.5 Å². The van der Waals surface area contributed by atoms with Crippen molar-refractivity contribution in [1.29, 1.82) is 0 Å². The molecule has 1 aliphatic carbocycles. The molecule has 1 fully saturated rings. The predicted octanol–water partition coefficient (Wildman–Crippen LogP) is 1.47. The lowest BCUT2D eigenvalue weighted by Gasteiger charge is -2.30. The molecule has 0 spiro atoms. The van der Waals surface area contributed by atoms with Crippen LogP contribution in [0.1, 0.15) is 19.3 Å². The lowest BCUT2D eigenvalue weighted by Crippen LogP contribution is -2.44. The highest BCUT2D eigenvalue weighted by Crippen LogP contribution is 2.51. The van der Waals surface area contributed by atoms with Crippen molar-refractivity contribution in [1.82, 2.24) is 0 Å². The predicted molar refractivity (Wildman–Crippen MR) is 46.9 cm³/mol. The van der Waals surface area contributed by atoms with E-state index in [9.17, 15) is 18.0 Å². The van der Waals surface area contributed by atoms with Crippen LogP contribution in [0.25, 0.3) is 0 Å². The van der Waals surface area contributed by atoms with Crippen molar-refractivity contribution in [3.05, 3.63) is 0 Å². The minimum absolute atomic E-state index is 0.281. The van der Waals surface area contributed by atoms with E-state index in [1.54, 1.807) is 0 Å². The van der Waals surface area contributed by atoms with E-state index >= 15 is 0 Å². The number of rotatable bonds is 4. The molecule has 0 aromatic heterocycles. The van der Waals surface area contributed by atoms with Crippen LogP contribution in [-0.4, -0.2) is 25.8 Å². The zero-order valence-corrected chi connectivity index (χ0v) is 8.43. The zero-order valence-electron chi connectivity index (χ0n) is 8.43. The molecule has 0 aromatic rings. The molecule has 1 saturated carbocycles. The van der Waals surface area contributed by atoms with E-state index in [0.717, 1.165) is 7.11 Å². The first-order valence-corrected chi connectivity index (χ1v) is 4.71. The molecule has 0 bridgehead atoms. The van der Waals surface area contributed by atoms with Crippen LogP contribution in [0.15, 0.2) is 0 Å². The van der Waals surface area contributed by atoms with Crippen LogP contribution in [-0.2, 0) is 9.53 Å². The molecule has 1 atom stereocenters. The lowest BCUT2D eigenvalue weighted by atomic mass is 9.79. The first-order valence-electron chi connectivity index (χ1n) is 4.71. The molecule has 1 aliphatic rings. The van der Waals surface area contributed by atoms with Crippen molar-refractivity contribution in [3.8, 4) is 0 Å². The fourth-order valence-corrected chi connectivity index (χ4v) is 1.90. The van der Waals surface area contributed by atoms with Crippen LogP contribution in [0.5, 0.6) is 0 Å². The Kier molecular flexibility index (Phi) is 3.28. The Hall–Kier alpha value is -0.780. The Morgan fingerprint density at radius 1 is 1.47 bits per heavy atom. The summed E-state index contributed by atoms with van der Waals surface area (Å²) < 4.78 is 41.5. The van der Waals surface area contributed by atoms with Gasteiger partial charge in [0.15, 0.2) is 0 Å². The van der Waals surface area contributed by atoms with Crippen LogP contribution in [0.3, 0.4) is 0 Å². The lowest BCUT2D eigenvalue weighted by molar-refractivity contribution is -0.182. The summed E-state index contributed by atoms with van der Waals surface area (Å²) in [6, 6.07) is 0. The average molecular weight is 225 g/mol. The van der Waals surface area contributed by atoms with E-state index in [2.05, 4.69) is 4.74 Å². The maximum Gasteiger partial charge on any atom is 0.390 e. The standard InChI is InChI=1S/C9H14F3NO2/c1-15-7(14)8(5-13,6-2-3-6)4-9(10,11)12/h6H,2-5,13H2,1H3. The molecule has 0 amide bonds. The molecule has 0 heterocycles. The monoisotopic (exact) mass is 225 g/mol. The van der Waals surface area contributed by atoms with E-state index in [0.29, 0.717) is 12.8 Å². The van der Waals surface area contributed by atoms with Gasteiger partial charge < -0.3 is 10.5 Å². The van der Waals surface area contributed by atoms with Crippen LogP contribution in [0, 0.1) is 11.3 Å². The van der Waals surface area contributed by atoms with Gasteiger partial charge in [-0.1, -0.05) is 0 Å². The van der Waals surface area contributed by atoms with Crippen LogP contribution >= 0.6 is 0 Å². The summed E-state index contributed by atoms with van der Waals surface area (Å²) in [4.78, 5) is 11.4. The van der Waals surface area contributed by atoms with Gasteiger partial charge in [-0.2, -0.15) is 13.2 Å². The molecular weight excluding hydrogens is 211 g/mol. The number of hydrogen-bond acceptors (Lipinski definition) is 3. The van der Waals surface area contributed by atoms with E-state index in [1.165, 1.54) is 0 Å². The van der Waals surface area contributed by atoms with E-state index in [4.69, 9.17) is 5.73 Å². The third-order valence-corrected chi connectivity index (χ3v) is 2.83. The quantitative estimate of drug-likeness (QED) is 0.737. The third-order valence-electron chi connectivity index (χ3n) is 2.83. The van der Waals surface area contributed by atoms with Gasteiger partial charge in [0.2, 0.25) is 0 Å². The van der Waals surface area contributed by atoms with Crippen molar-refractivity contribution in [3.63, 3.8) is 0 Å². The summed E-state index contributed by atoms with van der Waals surface area (Å²) in [7, 11) is 1.09. The maximum atomic E-state index is 12.4. The number of alkyl halides is 3. The normalized spacial score (nSPS) is 20.9. The number of methoxy groups -OCH3 is 1. The van der Waals surface area contributed by atoms with Gasteiger partial charge in [-0.15, -0.1) is 0 Å². The molecule has 0 aromatic carbocycles. The van der Waals surface area contributed by atoms with Crippen molar-refractivity contribution in [2.24, 2.45) is 17.1 Å². The summed E-state index contributed by atoms with van der Waals surface area (Å²) in [5.41, 5.74) is 3.77. The number of halogens is 3. The number of esters is 1. The molecule has 88 valence electrons. The molecule has 1 unspecified atom stereocenters. The van der Waals surface area contributed by atoms with Crippen molar-refractivity contribution < 1.29 is 22.7 Å². The number of carbonyl (C=O) groups is 1. The van der Waals surface area contributed by atoms with Gasteiger partial charge in [0.1, 0.15) is 0 Å². The van der Waals surface area contributed by atoms with E-state index < -0.39 is 24.0 Å². The highest BCUT2D eigenvalue weighted by Gasteiger charge is 2.56. The van der Waals surface area contributed by atoms with Crippen LogP contribution in [0.2, 0.25) is 0 Å². The van der Waals surface area contributed by atoms with E-state index in [1.807, 2.05) is 0 Å². The SMILES string of the molecule is COC(=O)C(CN)(CC(F)(F)F)C1CC1. The van der Waals surface area contributed by atoms with Crippen molar-refractivity contribution in [2.45, 2.75) is 25.4 Å². The fourth-order valence-electron chi connectivity index (χ4n) is 1.90. The Morgan fingerprint density at radius 3 is 2.27 bits per heavy atom. The smallest absolute Gasteiger partial charge is 0.390 e. The first kappa shape index (κ1) is 12.3. The molecule has 0 aliphatic heterocycles. The third kappa shape index (κ3) is 2.62.